The van der Waals surface area contributed by atoms with E-state index in [0.29, 0.717) is 5.66 Å². The van der Waals surface area contributed by atoms with Crippen LogP contribution in [0.15, 0.2) is 0 Å². The van der Waals surface area contributed by atoms with E-state index in [0.717, 1.165) is 0 Å². The van der Waals surface area contributed by atoms with E-state index in [9.17, 15) is 4.57 Å². The topological polar surface area (TPSA) is 17.1 Å². The Morgan fingerprint density at radius 2 is 1.78 bits per heavy atom. The summed E-state index contributed by atoms with van der Waals surface area (Å²) >= 11 is 0. The van der Waals surface area contributed by atoms with Gasteiger partial charge in [0.1, 0.15) is 6.66 Å². The second-order valence-electron chi connectivity index (χ2n) is 2.84. The zero-order chi connectivity index (χ0) is 6.69. The van der Waals surface area contributed by atoms with Crippen LogP contribution in [0.2, 0.25) is 0 Å². The molecule has 0 heterocycles. The predicted octanol–water partition coefficient (Wildman–Crippen LogP) is 2.78. The lowest BCUT2D eigenvalue weighted by Crippen LogP contribution is -2.06. The molecule has 1 aliphatic rings. The summed E-state index contributed by atoms with van der Waals surface area (Å²) in [6, 6.07) is 0. The van der Waals surface area contributed by atoms with Gasteiger partial charge in [-0.1, -0.05) is 11.0 Å². The van der Waals surface area contributed by atoms with Gasteiger partial charge in [0.25, 0.3) is 0 Å². The van der Waals surface area contributed by atoms with E-state index in [1.54, 1.807) is 0 Å². The van der Waals surface area contributed by atoms with Crippen LogP contribution >= 0.6 is 7.80 Å². The lowest BCUT2D eigenvalue weighted by Gasteiger charge is -2.11. The molecule has 0 aromatic heterocycles. The summed E-state index contributed by atoms with van der Waals surface area (Å²) in [7, 11) is -0.869. The molecule has 1 fully saturated rings. The van der Waals surface area contributed by atoms with Crippen LogP contribution in [0, 0.1) is 0 Å². The zero-order valence-electron chi connectivity index (χ0n) is 5.97. The van der Waals surface area contributed by atoms with Crippen LogP contribution in [0.4, 0.5) is 0 Å². The third kappa shape index (κ3) is 2.06. The standard InChI is InChI=1S/C7H14OP/c1-9(8)7-5-3-2-4-6-7/h7H,2-6H2,1H3/q+1. The summed E-state index contributed by atoms with van der Waals surface area (Å²) in [5, 5.41) is 0. The van der Waals surface area contributed by atoms with Crippen LogP contribution in [-0.2, 0) is 4.57 Å². The molecule has 1 rings (SSSR count). The van der Waals surface area contributed by atoms with Gasteiger partial charge in [0, 0.05) is 0 Å². The van der Waals surface area contributed by atoms with Crippen LogP contribution in [0.1, 0.15) is 32.1 Å². The molecule has 1 aliphatic carbocycles. The molecule has 1 saturated carbocycles. The Labute approximate surface area is 57.6 Å². The molecule has 0 radical (unpaired) electrons. The fourth-order valence-corrected chi connectivity index (χ4v) is 2.54. The summed E-state index contributed by atoms with van der Waals surface area (Å²) < 4.78 is 10.9. The van der Waals surface area contributed by atoms with Crippen molar-refractivity contribution in [2.75, 3.05) is 6.66 Å². The Bertz CT molecular complexity index is 105. The Morgan fingerprint density at radius 1 is 1.22 bits per heavy atom. The average Bonchev–Trinajstić information content (AvgIpc) is 1.90. The van der Waals surface area contributed by atoms with E-state index in [1.165, 1.54) is 32.1 Å². The molecule has 0 amide bonds. The summed E-state index contributed by atoms with van der Waals surface area (Å²) in [5.74, 6) is 0. The van der Waals surface area contributed by atoms with Crippen molar-refractivity contribution < 1.29 is 4.57 Å². The van der Waals surface area contributed by atoms with Crippen molar-refractivity contribution in [3.63, 3.8) is 0 Å². The predicted molar refractivity (Wildman–Crippen MR) is 40.4 cm³/mol. The van der Waals surface area contributed by atoms with E-state index in [4.69, 9.17) is 0 Å². The highest BCUT2D eigenvalue weighted by atomic mass is 31.1. The minimum atomic E-state index is -0.869. The first-order valence-corrected chi connectivity index (χ1v) is 5.48. The highest BCUT2D eigenvalue weighted by Crippen LogP contribution is 2.34. The molecular formula is C7H14OP+. The van der Waals surface area contributed by atoms with Gasteiger partial charge in [-0.05, 0) is 25.7 Å². The van der Waals surface area contributed by atoms with Gasteiger partial charge >= 0.3 is 7.80 Å². The third-order valence-electron chi connectivity index (χ3n) is 2.09. The molecule has 9 heavy (non-hydrogen) atoms. The third-order valence-corrected chi connectivity index (χ3v) is 3.63. The average molecular weight is 145 g/mol. The fourth-order valence-electron chi connectivity index (χ4n) is 1.44. The van der Waals surface area contributed by atoms with Crippen LogP contribution in [0.25, 0.3) is 0 Å². The minimum Gasteiger partial charge on any atom is -0.0748 e. The van der Waals surface area contributed by atoms with E-state index >= 15 is 0 Å². The lowest BCUT2D eigenvalue weighted by atomic mass is 10.0. The highest BCUT2D eigenvalue weighted by Gasteiger charge is 2.26. The van der Waals surface area contributed by atoms with Gasteiger partial charge < -0.3 is 0 Å². The summed E-state index contributed by atoms with van der Waals surface area (Å²) in [5.41, 5.74) is 0.564. The zero-order valence-corrected chi connectivity index (χ0v) is 6.86. The molecule has 0 saturated heterocycles. The number of hydrogen-bond acceptors (Lipinski definition) is 1. The van der Waals surface area contributed by atoms with Crippen LogP contribution in [-0.4, -0.2) is 12.3 Å². The van der Waals surface area contributed by atoms with Crippen molar-refractivity contribution in [2.24, 2.45) is 0 Å². The first-order chi connectivity index (χ1) is 4.30. The maximum atomic E-state index is 10.9. The molecule has 0 aromatic carbocycles. The molecular weight excluding hydrogens is 131 g/mol. The van der Waals surface area contributed by atoms with Gasteiger partial charge in [-0.15, -0.1) is 0 Å². The SMILES string of the molecule is C[P+](=O)C1CCCCC1. The molecule has 0 spiro atoms. The van der Waals surface area contributed by atoms with E-state index in [2.05, 4.69) is 0 Å². The van der Waals surface area contributed by atoms with E-state index < -0.39 is 7.80 Å². The molecule has 1 unspecified atom stereocenters. The van der Waals surface area contributed by atoms with Gasteiger partial charge in [-0.3, -0.25) is 0 Å². The Kier molecular flexibility index (Phi) is 2.65. The first-order valence-electron chi connectivity index (χ1n) is 3.70. The maximum Gasteiger partial charge on any atom is 0.338 e. The fraction of sp³-hybridized carbons (Fsp3) is 1.00. The van der Waals surface area contributed by atoms with Gasteiger partial charge in [0.05, 0.1) is 0 Å². The normalized spacial score (nSPS) is 23.9. The quantitative estimate of drug-likeness (QED) is 0.518. The largest absolute Gasteiger partial charge is 0.338 e. The van der Waals surface area contributed by atoms with Crippen molar-refractivity contribution in [3.05, 3.63) is 0 Å². The van der Waals surface area contributed by atoms with Crippen molar-refractivity contribution in [3.8, 4) is 0 Å². The van der Waals surface area contributed by atoms with Crippen molar-refractivity contribution in [1.29, 1.82) is 0 Å². The summed E-state index contributed by atoms with van der Waals surface area (Å²) in [6.45, 7) is 1.87. The second kappa shape index (κ2) is 3.31. The molecule has 2 heteroatoms. The molecule has 0 bridgehead atoms. The Morgan fingerprint density at radius 3 is 2.11 bits per heavy atom. The van der Waals surface area contributed by atoms with Crippen LogP contribution in [0.5, 0.6) is 0 Å². The van der Waals surface area contributed by atoms with E-state index in [1.807, 2.05) is 6.66 Å². The molecule has 52 valence electrons. The Hall–Kier alpha value is 0.100. The van der Waals surface area contributed by atoms with E-state index in [-0.39, 0.29) is 0 Å². The van der Waals surface area contributed by atoms with Crippen LogP contribution in [0.3, 0.4) is 0 Å². The first kappa shape index (κ1) is 7.21. The van der Waals surface area contributed by atoms with Gasteiger partial charge in [-0.2, -0.15) is 0 Å². The molecule has 1 atom stereocenters. The number of hydrogen-bond donors (Lipinski definition) is 0. The van der Waals surface area contributed by atoms with Crippen molar-refractivity contribution in [1.82, 2.24) is 0 Å². The van der Waals surface area contributed by atoms with Gasteiger partial charge in [0.15, 0.2) is 5.66 Å². The smallest absolute Gasteiger partial charge is 0.0748 e. The second-order valence-corrected chi connectivity index (χ2v) is 4.66. The highest BCUT2D eigenvalue weighted by molar-refractivity contribution is 7.44. The van der Waals surface area contributed by atoms with Gasteiger partial charge in [-0.25, -0.2) is 0 Å². The van der Waals surface area contributed by atoms with Crippen molar-refractivity contribution >= 4 is 7.80 Å². The lowest BCUT2D eigenvalue weighted by molar-refractivity contribution is 0.493. The molecule has 0 aliphatic heterocycles. The number of rotatable bonds is 1. The van der Waals surface area contributed by atoms with Crippen LogP contribution < -0.4 is 0 Å². The molecule has 0 aromatic rings. The van der Waals surface area contributed by atoms with Crippen molar-refractivity contribution in [2.45, 2.75) is 37.8 Å². The molecule has 0 N–H and O–H groups in total. The Balaban J connectivity index is 2.31. The monoisotopic (exact) mass is 145 g/mol. The molecule has 1 nitrogen and oxygen atoms in total. The maximum absolute atomic E-state index is 10.9. The summed E-state index contributed by atoms with van der Waals surface area (Å²) in [6.07, 6.45) is 6.40. The minimum absolute atomic E-state index is 0.564. The van der Waals surface area contributed by atoms with Gasteiger partial charge in [0.2, 0.25) is 0 Å². The summed E-state index contributed by atoms with van der Waals surface area (Å²) in [4.78, 5) is 0.